The maximum Gasteiger partial charge on any atom is 0.243 e. The largest absolute Gasteiger partial charge is 0.244 e. The van der Waals surface area contributed by atoms with E-state index < -0.39 is 10.0 Å². The van der Waals surface area contributed by atoms with Crippen LogP contribution in [0.3, 0.4) is 0 Å². The number of hydrogen-bond acceptors (Lipinski definition) is 3. The number of pyridine rings is 1. The van der Waals surface area contributed by atoms with E-state index in [1.807, 2.05) is 32.0 Å². The maximum absolute atomic E-state index is 12.5. The first-order chi connectivity index (χ1) is 9.80. The lowest BCUT2D eigenvalue weighted by molar-refractivity contribution is 0.466. The lowest BCUT2D eigenvalue weighted by Gasteiger charge is -2.18. The number of hydrogen-bond donors (Lipinski definition) is 0. The summed E-state index contributed by atoms with van der Waals surface area (Å²) in [5.74, 6) is 0. The quantitative estimate of drug-likeness (QED) is 0.812. The number of sulfonamides is 1. The molecule has 2 rings (SSSR count). The van der Waals surface area contributed by atoms with Gasteiger partial charge in [0.05, 0.1) is 4.90 Å². The molecule has 21 heavy (non-hydrogen) atoms. The molecule has 0 aliphatic carbocycles. The van der Waals surface area contributed by atoms with Gasteiger partial charge in [0.1, 0.15) is 5.15 Å². The number of rotatable bonds is 4. The molecule has 0 fully saturated rings. The smallest absolute Gasteiger partial charge is 0.243 e. The van der Waals surface area contributed by atoms with Crippen LogP contribution >= 0.6 is 11.6 Å². The molecule has 0 saturated heterocycles. The highest BCUT2D eigenvalue weighted by Gasteiger charge is 2.21. The van der Waals surface area contributed by atoms with Crippen LogP contribution in [-0.4, -0.2) is 24.8 Å². The van der Waals surface area contributed by atoms with Crippen LogP contribution in [0.5, 0.6) is 0 Å². The van der Waals surface area contributed by atoms with Crippen LogP contribution in [0, 0.1) is 13.8 Å². The van der Waals surface area contributed by atoms with Gasteiger partial charge in [-0.15, -0.1) is 0 Å². The van der Waals surface area contributed by atoms with Gasteiger partial charge in [-0.1, -0.05) is 35.4 Å². The molecule has 1 aromatic heterocycles. The highest BCUT2D eigenvalue weighted by atomic mass is 35.5. The number of benzene rings is 1. The first kappa shape index (κ1) is 15.9. The fourth-order valence-corrected chi connectivity index (χ4v) is 3.47. The van der Waals surface area contributed by atoms with Crippen LogP contribution in [0.4, 0.5) is 0 Å². The molecule has 0 radical (unpaired) electrons. The summed E-state index contributed by atoms with van der Waals surface area (Å²) < 4.78 is 26.3. The molecule has 0 amide bonds. The van der Waals surface area contributed by atoms with Crippen LogP contribution < -0.4 is 0 Å². The Morgan fingerprint density at radius 3 is 2.52 bits per heavy atom. The summed E-state index contributed by atoms with van der Waals surface area (Å²) in [7, 11) is -2.02. The fraction of sp³-hybridized carbons (Fsp3) is 0.267. The minimum absolute atomic E-state index is 0.148. The van der Waals surface area contributed by atoms with Crippen molar-refractivity contribution < 1.29 is 8.42 Å². The average molecular weight is 325 g/mol. The van der Waals surface area contributed by atoms with Crippen molar-refractivity contribution in [1.29, 1.82) is 0 Å². The van der Waals surface area contributed by atoms with Gasteiger partial charge in [-0.25, -0.2) is 13.4 Å². The van der Waals surface area contributed by atoms with E-state index in [0.29, 0.717) is 6.54 Å². The Labute approximate surface area is 130 Å². The molecule has 112 valence electrons. The zero-order chi connectivity index (χ0) is 15.6. The zero-order valence-corrected chi connectivity index (χ0v) is 13.7. The van der Waals surface area contributed by atoms with Crippen molar-refractivity contribution in [3.8, 4) is 0 Å². The summed E-state index contributed by atoms with van der Waals surface area (Å²) in [6.07, 6.45) is 1.39. The molecule has 0 N–H and O–H groups in total. The summed E-state index contributed by atoms with van der Waals surface area (Å²) in [4.78, 5) is 3.95. The molecular weight excluding hydrogens is 308 g/mol. The molecule has 0 spiro atoms. The Kier molecular flexibility index (Phi) is 4.66. The maximum atomic E-state index is 12.5. The van der Waals surface area contributed by atoms with Crippen LogP contribution in [0.25, 0.3) is 0 Å². The third-order valence-electron chi connectivity index (χ3n) is 3.30. The number of halogens is 1. The standard InChI is InChI=1S/C15H17ClN2O2S/c1-11-4-5-13(12(2)8-11)10-18(3)21(19,20)14-6-7-17-15(16)9-14/h4-9H,10H2,1-3H3. The van der Waals surface area contributed by atoms with Crippen LogP contribution in [0.1, 0.15) is 16.7 Å². The van der Waals surface area contributed by atoms with Gasteiger partial charge < -0.3 is 0 Å². The highest BCUT2D eigenvalue weighted by molar-refractivity contribution is 7.89. The highest BCUT2D eigenvalue weighted by Crippen LogP contribution is 2.20. The minimum Gasteiger partial charge on any atom is -0.244 e. The van der Waals surface area contributed by atoms with Crippen molar-refractivity contribution in [3.63, 3.8) is 0 Å². The third kappa shape index (κ3) is 3.61. The molecular formula is C15H17ClN2O2S. The molecule has 0 saturated carbocycles. The first-order valence-electron chi connectivity index (χ1n) is 6.45. The topological polar surface area (TPSA) is 50.3 Å². The summed E-state index contributed by atoms with van der Waals surface area (Å²) in [6, 6.07) is 8.77. The Morgan fingerprint density at radius 1 is 1.19 bits per heavy atom. The second-order valence-electron chi connectivity index (χ2n) is 5.01. The second kappa shape index (κ2) is 6.13. The van der Waals surface area contributed by atoms with Gasteiger partial charge in [0.25, 0.3) is 0 Å². The lowest BCUT2D eigenvalue weighted by atomic mass is 10.1. The van der Waals surface area contributed by atoms with E-state index in [-0.39, 0.29) is 10.0 Å². The van der Waals surface area contributed by atoms with Gasteiger partial charge >= 0.3 is 0 Å². The fourth-order valence-electron chi connectivity index (χ4n) is 2.07. The van der Waals surface area contributed by atoms with Gasteiger partial charge in [0, 0.05) is 19.8 Å². The van der Waals surface area contributed by atoms with Crippen molar-refractivity contribution in [2.24, 2.45) is 0 Å². The average Bonchev–Trinajstić information content (AvgIpc) is 2.41. The van der Waals surface area contributed by atoms with E-state index in [1.54, 1.807) is 7.05 Å². The number of aromatic nitrogens is 1. The molecule has 6 heteroatoms. The van der Waals surface area contributed by atoms with E-state index in [2.05, 4.69) is 4.98 Å². The summed E-state index contributed by atoms with van der Waals surface area (Å²) in [5.41, 5.74) is 3.21. The van der Waals surface area contributed by atoms with Gasteiger partial charge in [-0.2, -0.15) is 4.31 Å². The Bertz CT molecular complexity index is 760. The molecule has 1 heterocycles. The predicted molar refractivity (Wildman–Crippen MR) is 83.8 cm³/mol. The summed E-state index contributed by atoms with van der Waals surface area (Å²) >= 11 is 5.76. The second-order valence-corrected chi connectivity index (χ2v) is 7.44. The number of nitrogens with zero attached hydrogens (tertiary/aromatic N) is 2. The molecule has 1 aromatic carbocycles. The van der Waals surface area contributed by atoms with Crippen molar-refractivity contribution in [2.75, 3.05) is 7.05 Å². The molecule has 0 unspecified atom stereocenters. The first-order valence-corrected chi connectivity index (χ1v) is 8.26. The van der Waals surface area contributed by atoms with E-state index >= 15 is 0 Å². The van der Waals surface area contributed by atoms with Crippen molar-refractivity contribution in [3.05, 3.63) is 58.4 Å². The van der Waals surface area contributed by atoms with E-state index in [9.17, 15) is 8.42 Å². The minimum atomic E-state index is -3.58. The predicted octanol–water partition coefficient (Wildman–Crippen LogP) is 3.17. The normalized spacial score (nSPS) is 11.9. The zero-order valence-electron chi connectivity index (χ0n) is 12.2. The molecule has 0 bridgehead atoms. The van der Waals surface area contributed by atoms with Crippen molar-refractivity contribution in [1.82, 2.24) is 9.29 Å². The molecule has 2 aromatic rings. The Hall–Kier alpha value is -1.43. The molecule has 0 atom stereocenters. The monoisotopic (exact) mass is 324 g/mol. The van der Waals surface area contributed by atoms with E-state index in [4.69, 9.17) is 11.6 Å². The van der Waals surface area contributed by atoms with Gasteiger partial charge in [0.2, 0.25) is 10.0 Å². The Morgan fingerprint density at radius 2 is 1.90 bits per heavy atom. The molecule has 0 aliphatic rings. The van der Waals surface area contributed by atoms with Gasteiger partial charge in [-0.3, -0.25) is 0 Å². The summed E-state index contributed by atoms with van der Waals surface area (Å²) in [5, 5.41) is 0.163. The SMILES string of the molecule is Cc1ccc(CN(C)S(=O)(=O)c2ccnc(Cl)c2)c(C)c1. The third-order valence-corrected chi connectivity index (χ3v) is 5.30. The summed E-state index contributed by atoms with van der Waals surface area (Å²) in [6.45, 7) is 4.30. The van der Waals surface area contributed by atoms with Crippen LogP contribution in [0.15, 0.2) is 41.4 Å². The Balaban J connectivity index is 2.28. The van der Waals surface area contributed by atoms with Gasteiger partial charge in [-0.05, 0) is 37.1 Å². The number of aryl methyl sites for hydroxylation is 2. The lowest BCUT2D eigenvalue weighted by Crippen LogP contribution is -2.26. The van der Waals surface area contributed by atoms with Gasteiger partial charge in [0.15, 0.2) is 0 Å². The van der Waals surface area contributed by atoms with E-state index in [0.717, 1.165) is 16.7 Å². The van der Waals surface area contributed by atoms with Crippen molar-refractivity contribution in [2.45, 2.75) is 25.3 Å². The molecule has 4 nitrogen and oxygen atoms in total. The van der Waals surface area contributed by atoms with Crippen LogP contribution in [0.2, 0.25) is 5.15 Å². The van der Waals surface area contributed by atoms with E-state index in [1.165, 1.54) is 22.6 Å². The van der Waals surface area contributed by atoms with Crippen molar-refractivity contribution >= 4 is 21.6 Å². The van der Waals surface area contributed by atoms with Crippen LogP contribution in [-0.2, 0) is 16.6 Å². The molecule has 0 aliphatic heterocycles.